The van der Waals surface area contributed by atoms with Gasteiger partial charge in [0.1, 0.15) is 5.75 Å². The van der Waals surface area contributed by atoms with Crippen molar-refractivity contribution in [2.75, 3.05) is 13.7 Å². The van der Waals surface area contributed by atoms with E-state index in [9.17, 15) is 0 Å². The van der Waals surface area contributed by atoms with E-state index < -0.39 is 0 Å². The molecule has 22 heavy (non-hydrogen) atoms. The van der Waals surface area contributed by atoms with Crippen LogP contribution in [0.2, 0.25) is 0 Å². The molecule has 2 aliphatic rings. The molecular formula is C19H23NO2. The van der Waals surface area contributed by atoms with Crippen LogP contribution in [-0.2, 0) is 10.2 Å². The molecular weight excluding hydrogens is 274 g/mol. The second-order valence-electron chi connectivity index (χ2n) is 6.98. The first-order valence-electron chi connectivity index (χ1n) is 8.13. The normalized spacial score (nSPS) is 33.5. The molecule has 2 fully saturated rings. The maximum atomic E-state index is 5.86. The van der Waals surface area contributed by atoms with Crippen LogP contribution < -0.4 is 4.74 Å². The predicted molar refractivity (Wildman–Crippen MR) is 87.4 cm³/mol. The molecule has 0 amide bonds. The Labute approximate surface area is 131 Å². The zero-order valence-electron chi connectivity index (χ0n) is 13.7. The molecule has 1 aromatic carbocycles. The maximum Gasteiger partial charge on any atom is 0.130 e. The Morgan fingerprint density at radius 3 is 2.86 bits per heavy atom. The molecule has 0 radical (unpaired) electrons. The molecule has 1 saturated carbocycles. The Morgan fingerprint density at radius 1 is 1.27 bits per heavy atom. The van der Waals surface area contributed by atoms with Crippen LogP contribution >= 0.6 is 0 Å². The fraction of sp³-hybridized carbons (Fsp3) is 0.526. The lowest BCUT2D eigenvalue weighted by Gasteiger charge is -2.28. The van der Waals surface area contributed by atoms with Crippen LogP contribution in [0.3, 0.4) is 0 Å². The van der Waals surface area contributed by atoms with E-state index in [0.29, 0.717) is 23.4 Å². The van der Waals surface area contributed by atoms with Gasteiger partial charge in [-0.25, -0.2) is 0 Å². The second-order valence-corrected chi connectivity index (χ2v) is 6.98. The minimum absolute atomic E-state index is 0.293. The average Bonchev–Trinajstić information content (AvgIpc) is 3.11. The Kier molecular flexibility index (Phi) is 2.99. The van der Waals surface area contributed by atoms with Crippen molar-refractivity contribution in [1.29, 1.82) is 0 Å². The highest BCUT2D eigenvalue weighted by Gasteiger charge is 2.64. The van der Waals surface area contributed by atoms with Crippen LogP contribution in [0.5, 0.6) is 5.75 Å². The van der Waals surface area contributed by atoms with E-state index in [1.165, 1.54) is 5.56 Å². The number of aromatic nitrogens is 1. The Hall–Kier alpha value is -1.61. The van der Waals surface area contributed by atoms with Crippen LogP contribution in [0.15, 0.2) is 24.3 Å². The van der Waals surface area contributed by atoms with Gasteiger partial charge in [-0.3, -0.25) is 4.98 Å². The van der Waals surface area contributed by atoms with Crippen molar-refractivity contribution in [3.63, 3.8) is 0 Å². The van der Waals surface area contributed by atoms with E-state index in [1.54, 1.807) is 7.11 Å². The minimum atomic E-state index is 0.293. The monoisotopic (exact) mass is 297 g/mol. The van der Waals surface area contributed by atoms with Crippen molar-refractivity contribution in [2.24, 2.45) is 11.8 Å². The number of benzene rings is 1. The van der Waals surface area contributed by atoms with E-state index in [1.807, 2.05) is 13.0 Å². The zero-order valence-corrected chi connectivity index (χ0v) is 13.7. The molecule has 2 heterocycles. The molecule has 1 aromatic heterocycles. The van der Waals surface area contributed by atoms with Crippen molar-refractivity contribution in [1.82, 2.24) is 4.98 Å². The van der Waals surface area contributed by atoms with Crippen LogP contribution in [-0.4, -0.2) is 24.8 Å². The van der Waals surface area contributed by atoms with Crippen molar-refractivity contribution in [2.45, 2.75) is 38.7 Å². The molecule has 3 heteroatoms. The Bertz CT molecular complexity index is 742. The maximum absolute atomic E-state index is 5.86. The quantitative estimate of drug-likeness (QED) is 0.843. The van der Waals surface area contributed by atoms with Gasteiger partial charge in [0.05, 0.1) is 25.3 Å². The molecule has 4 unspecified atom stereocenters. The molecule has 116 valence electrons. The summed E-state index contributed by atoms with van der Waals surface area (Å²) in [6.07, 6.45) is 1.46. The summed E-state index contributed by atoms with van der Waals surface area (Å²) in [4.78, 5) is 4.64. The van der Waals surface area contributed by atoms with Gasteiger partial charge < -0.3 is 9.47 Å². The first-order valence-corrected chi connectivity index (χ1v) is 8.13. The van der Waals surface area contributed by atoms with Crippen LogP contribution in [0, 0.1) is 18.8 Å². The van der Waals surface area contributed by atoms with E-state index >= 15 is 0 Å². The van der Waals surface area contributed by atoms with Crippen LogP contribution in [0.1, 0.15) is 31.5 Å². The number of pyridine rings is 1. The number of nitrogens with zero attached hydrogens (tertiary/aromatic N) is 1. The summed E-state index contributed by atoms with van der Waals surface area (Å²) in [5.41, 5.74) is 3.73. The smallest absolute Gasteiger partial charge is 0.130 e. The fourth-order valence-electron chi connectivity index (χ4n) is 4.53. The summed E-state index contributed by atoms with van der Waals surface area (Å²) in [6, 6.07) is 8.74. The topological polar surface area (TPSA) is 31.4 Å². The van der Waals surface area contributed by atoms with Crippen molar-refractivity contribution in [3.8, 4) is 5.75 Å². The van der Waals surface area contributed by atoms with Gasteiger partial charge in [0, 0.05) is 22.6 Å². The van der Waals surface area contributed by atoms with E-state index in [4.69, 9.17) is 9.47 Å². The molecule has 0 bridgehead atoms. The number of aryl methyl sites for hydroxylation is 1. The number of ether oxygens (including phenoxy) is 2. The van der Waals surface area contributed by atoms with Crippen molar-refractivity contribution >= 4 is 10.9 Å². The molecule has 1 aliphatic heterocycles. The van der Waals surface area contributed by atoms with Crippen LogP contribution in [0.4, 0.5) is 0 Å². The largest absolute Gasteiger partial charge is 0.496 e. The lowest BCUT2D eigenvalue weighted by atomic mass is 9.84. The molecule has 3 nitrogen and oxygen atoms in total. The second kappa shape index (κ2) is 4.69. The molecule has 1 saturated heterocycles. The first-order chi connectivity index (χ1) is 10.6. The minimum Gasteiger partial charge on any atom is -0.496 e. The van der Waals surface area contributed by atoms with Gasteiger partial charge in [-0.1, -0.05) is 13.0 Å². The van der Waals surface area contributed by atoms with E-state index in [2.05, 4.69) is 37.0 Å². The fourth-order valence-corrected chi connectivity index (χ4v) is 4.53. The Morgan fingerprint density at radius 2 is 2.09 bits per heavy atom. The summed E-state index contributed by atoms with van der Waals surface area (Å²) in [5, 5.41) is 1.12. The lowest BCUT2D eigenvalue weighted by molar-refractivity contribution is 0.0146. The third kappa shape index (κ3) is 1.81. The van der Waals surface area contributed by atoms with Crippen LogP contribution in [0.25, 0.3) is 10.9 Å². The SMILES string of the molecule is COc1cc(C)nc2ccc(C34CC(C)OCC3C4C)cc12. The van der Waals surface area contributed by atoms with Gasteiger partial charge in [-0.05, 0) is 49.8 Å². The summed E-state index contributed by atoms with van der Waals surface area (Å²) < 4.78 is 11.4. The van der Waals surface area contributed by atoms with Crippen molar-refractivity contribution in [3.05, 3.63) is 35.5 Å². The highest BCUT2D eigenvalue weighted by Crippen LogP contribution is 2.64. The first kappa shape index (κ1) is 14.0. The van der Waals surface area contributed by atoms with Gasteiger partial charge in [-0.2, -0.15) is 0 Å². The van der Waals surface area contributed by atoms with Gasteiger partial charge in [0.25, 0.3) is 0 Å². The van der Waals surface area contributed by atoms with Gasteiger partial charge in [0.2, 0.25) is 0 Å². The third-order valence-corrected chi connectivity index (χ3v) is 5.81. The number of methoxy groups -OCH3 is 1. The predicted octanol–water partition coefficient (Wildman–Crippen LogP) is 3.86. The Balaban J connectivity index is 1.85. The van der Waals surface area contributed by atoms with E-state index in [0.717, 1.165) is 35.4 Å². The third-order valence-electron chi connectivity index (χ3n) is 5.81. The molecule has 0 N–H and O–H groups in total. The van der Waals surface area contributed by atoms with Gasteiger partial charge >= 0.3 is 0 Å². The molecule has 4 atom stereocenters. The zero-order chi connectivity index (χ0) is 15.5. The summed E-state index contributed by atoms with van der Waals surface area (Å²) in [5.74, 6) is 2.27. The summed E-state index contributed by atoms with van der Waals surface area (Å²) in [6.45, 7) is 7.45. The summed E-state index contributed by atoms with van der Waals surface area (Å²) >= 11 is 0. The number of hydrogen-bond acceptors (Lipinski definition) is 3. The molecule has 2 aromatic rings. The lowest BCUT2D eigenvalue weighted by Crippen LogP contribution is -2.27. The van der Waals surface area contributed by atoms with Gasteiger partial charge in [-0.15, -0.1) is 0 Å². The standard InChI is InChI=1S/C19H23NO2/c1-11-7-18(21-4)15-8-14(5-6-17(15)20-11)19-9-12(2)22-10-16(19)13(19)3/h5-8,12-13,16H,9-10H2,1-4H3. The number of rotatable bonds is 2. The van der Waals surface area contributed by atoms with Crippen molar-refractivity contribution < 1.29 is 9.47 Å². The van der Waals surface area contributed by atoms with Gasteiger partial charge in [0.15, 0.2) is 0 Å². The summed E-state index contributed by atoms with van der Waals surface area (Å²) in [7, 11) is 1.73. The molecule has 1 aliphatic carbocycles. The van der Waals surface area contributed by atoms with E-state index in [-0.39, 0.29) is 0 Å². The number of hydrogen-bond donors (Lipinski definition) is 0. The highest BCUT2D eigenvalue weighted by molar-refractivity contribution is 5.86. The molecule has 0 spiro atoms. The average molecular weight is 297 g/mol. The highest BCUT2D eigenvalue weighted by atomic mass is 16.5. The number of fused-ring (bicyclic) bond motifs is 2. The molecule has 4 rings (SSSR count).